The molecule has 59 heavy (non-hydrogen) atoms. The fourth-order valence-electron chi connectivity index (χ4n) is 8.40. The molecule has 308 valence electrons. The van der Waals surface area contributed by atoms with Gasteiger partial charge in [-0.15, -0.1) is 0 Å². The highest BCUT2D eigenvalue weighted by Gasteiger charge is 2.45. The lowest BCUT2D eigenvalue weighted by Crippen LogP contribution is -2.54. The van der Waals surface area contributed by atoms with E-state index in [1.807, 2.05) is 38.1 Å². The third-order valence-electron chi connectivity index (χ3n) is 11.4. The zero-order valence-corrected chi connectivity index (χ0v) is 33.8. The minimum atomic E-state index is -1.00. The van der Waals surface area contributed by atoms with Crippen LogP contribution in [0.1, 0.15) is 66.3 Å². The molecule has 3 saturated heterocycles. The number of anilines is 4. The standard InChI is InChI=1S/C41H45ClN10O7/c1-23(2)51-31-9-6-25(17-24(31)18-33(40(51)58)59-22-35(54)43-3)45-36-30(42)20-44-41(47-36)49-15-13-48(14-16-49)21-27-5-4-12-50(27)26-7-8-28-29(19-26)39(57)52(38(28)56)32-10-11-34(53)46-37(32)55/h6-9,17-20,23,27,32H,4-5,10-16,21-22H2,1-3H3,(H,43,54)(H,44,45,47)(H,46,53,55). The van der Waals surface area contributed by atoms with Crippen LogP contribution in [-0.2, 0) is 14.4 Å². The van der Waals surface area contributed by atoms with E-state index in [1.54, 1.807) is 29.0 Å². The Morgan fingerprint density at radius 3 is 2.49 bits per heavy atom. The highest BCUT2D eigenvalue weighted by Crippen LogP contribution is 2.34. The predicted molar refractivity (Wildman–Crippen MR) is 221 cm³/mol. The number of pyridine rings is 1. The number of nitrogens with one attached hydrogen (secondary N) is 3. The number of carbonyl (C=O) groups is 5. The molecule has 8 rings (SSSR count). The van der Waals surface area contributed by atoms with E-state index in [9.17, 15) is 28.8 Å². The molecular weight excluding hydrogens is 780 g/mol. The van der Waals surface area contributed by atoms with Crippen molar-refractivity contribution in [3.05, 3.63) is 75.2 Å². The first-order valence-electron chi connectivity index (χ1n) is 19.8. The number of carbonyl (C=O) groups excluding carboxylic acids is 5. The summed E-state index contributed by atoms with van der Waals surface area (Å²) in [6.45, 7) is 8.13. The molecule has 0 aliphatic carbocycles. The van der Waals surface area contributed by atoms with Crippen LogP contribution in [0, 0.1) is 0 Å². The van der Waals surface area contributed by atoms with Crippen molar-refractivity contribution in [1.82, 2.24) is 35.0 Å². The number of piperazine rings is 1. The molecule has 5 amide bonds. The van der Waals surface area contributed by atoms with E-state index < -0.39 is 29.7 Å². The van der Waals surface area contributed by atoms with Crippen molar-refractivity contribution >= 4 is 75.2 Å². The van der Waals surface area contributed by atoms with Gasteiger partial charge in [0.1, 0.15) is 11.1 Å². The summed E-state index contributed by atoms with van der Waals surface area (Å²) in [5.74, 6) is -1.34. The normalized spacial score (nSPS) is 19.8. The van der Waals surface area contributed by atoms with Gasteiger partial charge in [0, 0.05) is 81.6 Å². The van der Waals surface area contributed by atoms with Gasteiger partial charge in [0.15, 0.2) is 18.2 Å². The van der Waals surface area contributed by atoms with E-state index in [-0.39, 0.29) is 59.9 Å². The minimum Gasteiger partial charge on any atom is -0.478 e. The molecule has 3 N–H and O–H groups in total. The topological polar surface area (TPSA) is 191 Å². The first-order chi connectivity index (χ1) is 28.4. The quantitative estimate of drug-likeness (QED) is 0.187. The van der Waals surface area contributed by atoms with Gasteiger partial charge in [-0.3, -0.25) is 43.9 Å². The highest BCUT2D eigenvalue weighted by molar-refractivity contribution is 6.33. The van der Waals surface area contributed by atoms with Crippen LogP contribution in [0.2, 0.25) is 5.02 Å². The number of rotatable bonds is 11. The number of imide groups is 2. The molecule has 6 heterocycles. The third kappa shape index (κ3) is 7.79. The Bertz CT molecular complexity index is 2430. The Kier molecular flexibility index (Phi) is 11.0. The monoisotopic (exact) mass is 824 g/mol. The Balaban J connectivity index is 0.913. The summed E-state index contributed by atoms with van der Waals surface area (Å²) < 4.78 is 7.24. The largest absolute Gasteiger partial charge is 0.478 e. The van der Waals surface area contributed by atoms with Gasteiger partial charge in [0.25, 0.3) is 23.3 Å². The molecule has 0 spiro atoms. The number of ether oxygens (including phenoxy) is 1. The Hall–Kier alpha value is -6.07. The van der Waals surface area contributed by atoms with Gasteiger partial charge in [0.05, 0.1) is 22.8 Å². The van der Waals surface area contributed by atoms with Crippen molar-refractivity contribution in [2.75, 3.05) is 68.0 Å². The summed E-state index contributed by atoms with van der Waals surface area (Å²) in [7, 11) is 1.50. The van der Waals surface area contributed by atoms with Crippen LogP contribution in [0.4, 0.5) is 23.1 Å². The summed E-state index contributed by atoms with van der Waals surface area (Å²) in [6, 6.07) is 11.6. The van der Waals surface area contributed by atoms with Gasteiger partial charge in [-0.25, -0.2) is 4.98 Å². The van der Waals surface area contributed by atoms with E-state index in [4.69, 9.17) is 21.3 Å². The second-order valence-electron chi connectivity index (χ2n) is 15.5. The van der Waals surface area contributed by atoms with E-state index in [1.165, 1.54) is 7.05 Å². The number of benzene rings is 2. The summed E-state index contributed by atoms with van der Waals surface area (Å²) in [4.78, 5) is 93.2. The van der Waals surface area contributed by atoms with E-state index in [0.717, 1.165) is 55.0 Å². The van der Waals surface area contributed by atoms with Crippen molar-refractivity contribution in [2.24, 2.45) is 0 Å². The molecule has 2 unspecified atom stereocenters. The fourth-order valence-corrected chi connectivity index (χ4v) is 8.53. The minimum absolute atomic E-state index is 0.0725. The number of aromatic nitrogens is 3. The second kappa shape index (κ2) is 16.3. The molecule has 2 atom stereocenters. The number of likely N-dealkylation sites (N-methyl/N-ethyl adjacent to an activating group) is 1. The van der Waals surface area contributed by atoms with Crippen LogP contribution in [0.25, 0.3) is 10.9 Å². The van der Waals surface area contributed by atoms with Gasteiger partial charge >= 0.3 is 0 Å². The number of hydrogen-bond acceptors (Lipinski definition) is 13. The van der Waals surface area contributed by atoms with Crippen molar-refractivity contribution in [1.29, 1.82) is 0 Å². The zero-order valence-electron chi connectivity index (χ0n) is 33.0. The first kappa shape index (κ1) is 39.7. The fraction of sp³-hybridized carbons (Fsp3) is 0.415. The second-order valence-corrected chi connectivity index (χ2v) is 15.9. The van der Waals surface area contributed by atoms with Crippen molar-refractivity contribution in [2.45, 2.75) is 57.7 Å². The van der Waals surface area contributed by atoms with E-state index >= 15 is 0 Å². The third-order valence-corrected chi connectivity index (χ3v) is 11.7. The summed E-state index contributed by atoms with van der Waals surface area (Å²) in [5.41, 5.74) is 2.50. The van der Waals surface area contributed by atoms with Gasteiger partial charge in [-0.05, 0) is 75.6 Å². The summed E-state index contributed by atoms with van der Waals surface area (Å²) in [6.07, 6.45) is 3.74. The molecule has 0 saturated carbocycles. The number of amides is 5. The van der Waals surface area contributed by atoms with Crippen LogP contribution >= 0.6 is 11.6 Å². The summed E-state index contributed by atoms with van der Waals surface area (Å²) >= 11 is 6.60. The molecule has 3 fully saturated rings. The molecule has 2 aromatic heterocycles. The molecule has 17 nitrogen and oxygen atoms in total. The van der Waals surface area contributed by atoms with Crippen LogP contribution in [0.15, 0.2) is 53.5 Å². The Morgan fingerprint density at radius 2 is 1.75 bits per heavy atom. The SMILES string of the molecule is CNC(=O)COc1cc2cc(Nc3nc(N4CCN(CC5CCCN5c5ccc6c(c5)C(=O)N(C5CCC(=O)NC5=O)C6=O)CC4)ncc3Cl)ccc2n(C(C)C)c1=O. The Labute approximate surface area is 344 Å². The average Bonchev–Trinajstić information content (AvgIpc) is 3.78. The zero-order chi connectivity index (χ0) is 41.5. The van der Waals surface area contributed by atoms with Crippen LogP contribution in [0.5, 0.6) is 5.75 Å². The average molecular weight is 825 g/mol. The van der Waals surface area contributed by atoms with Crippen LogP contribution < -0.4 is 36.0 Å². The lowest BCUT2D eigenvalue weighted by atomic mass is 10.0. The highest BCUT2D eigenvalue weighted by atomic mass is 35.5. The van der Waals surface area contributed by atoms with Gasteiger partial charge in [-0.1, -0.05) is 11.6 Å². The number of nitrogens with zero attached hydrogens (tertiary/aromatic N) is 7. The molecular formula is C41H45ClN10O7. The van der Waals surface area contributed by atoms with Gasteiger partial charge in [0.2, 0.25) is 17.8 Å². The van der Waals surface area contributed by atoms with Crippen molar-refractivity contribution in [3.63, 3.8) is 0 Å². The number of hydrogen-bond donors (Lipinski definition) is 3. The van der Waals surface area contributed by atoms with Crippen LogP contribution in [-0.4, -0.2) is 119 Å². The molecule has 18 heteroatoms. The molecule has 4 aromatic rings. The maximum absolute atomic E-state index is 13.5. The predicted octanol–water partition coefficient (Wildman–Crippen LogP) is 3.09. The lowest BCUT2D eigenvalue weighted by molar-refractivity contribution is -0.136. The number of halogens is 1. The Morgan fingerprint density at radius 1 is 0.966 bits per heavy atom. The number of fused-ring (bicyclic) bond motifs is 2. The van der Waals surface area contributed by atoms with Crippen molar-refractivity contribution < 1.29 is 28.7 Å². The lowest BCUT2D eigenvalue weighted by Gasteiger charge is -2.38. The van der Waals surface area contributed by atoms with Crippen molar-refractivity contribution in [3.8, 4) is 5.75 Å². The first-order valence-corrected chi connectivity index (χ1v) is 20.2. The maximum atomic E-state index is 13.5. The number of piperidine rings is 1. The maximum Gasteiger partial charge on any atom is 0.293 e. The molecule has 0 bridgehead atoms. The molecule has 0 radical (unpaired) electrons. The summed E-state index contributed by atoms with van der Waals surface area (Å²) in [5, 5.41) is 9.13. The van der Waals surface area contributed by atoms with E-state index in [2.05, 4.69) is 35.6 Å². The van der Waals surface area contributed by atoms with Gasteiger partial charge in [-0.2, -0.15) is 4.98 Å². The molecule has 4 aliphatic rings. The van der Waals surface area contributed by atoms with Gasteiger partial charge < -0.3 is 29.7 Å². The molecule has 2 aromatic carbocycles. The smallest absolute Gasteiger partial charge is 0.293 e. The van der Waals surface area contributed by atoms with Crippen LogP contribution in [0.3, 0.4) is 0 Å². The van der Waals surface area contributed by atoms with E-state index in [0.29, 0.717) is 41.1 Å². The molecule has 4 aliphatic heterocycles.